The quantitative estimate of drug-likeness (QED) is 0.402. The molecule has 2 unspecified atom stereocenters. The van der Waals surface area contributed by atoms with Crippen molar-refractivity contribution >= 4 is 21.8 Å². The summed E-state index contributed by atoms with van der Waals surface area (Å²) in [4.78, 5) is 8.93. The molecule has 0 spiro atoms. The van der Waals surface area contributed by atoms with Crippen molar-refractivity contribution in [3.05, 3.63) is 95.8 Å². The maximum absolute atomic E-state index is 6.70. The fraction of sp³-hybridized carbons (Fsp3) is 0.0909. The summed E-state index contributed by atoms with van der Waals surface area (Å²) in [5.41, 5.74) is 3.35. The summed E-state index contributed by atoms with van der Waals surface area (Å²) in [6.07, 6.45) is 2.10. The smallest absolute Gasteiger partial charge is 0.207 e. The molecule has 0 aliphatic carbocycles. The van der Waals surface area contributed by atoms with Gasteiger partial charge < -0.3 is 4.74 Å². The molecule has 0 aliphatic heterocycles. The van der Waals surface area contributed by atoms with Crippen molar-refractivity contribution in [3.63, 3.8) is 0 Å². The normalized spacial score (nSPS) is 13.3. The molecule has 0 aliphatic rings. The topological polar surface area (TPSA) is 144 Å². The molecule has 4 heterocycles. The third-order valence-corrected chi connectivity index (χ3v) is 5.40. The Balaban J connectivity index is 1.53. The van der Waals surface area contributed by atoms with E-state index >= 15 is 0 Å². The highest BCUT2D eigenvalue weighted by Crippen LogP contribution is 2.37. The number of para-hydroxylation sites is 2. The Hall–Kier alpha value is -4.64. The van der Waals surface area contributed by atoms with Crippen LogP contribution in [0.3, 0.4) is 0 Å². The summed E-state index contributed by atoms with van der Waals surface area (Å²) < 4.78 is 6.70. The summed E-state index contributed by atoms with van der Waals surface area (Å²) >= 11 is 0. The zero-order valence-electron chi connectivity index (χ0n) is 17.1. The summed E-state index contributed by atoms with van der Waals surface area (Å²) in [6, 6.07) is 19.4. The second-order valence-electron chi connectivity index (χ2n) is 7.27. The lowest BCUT2D eigenvalue weighted by Gasteiger charge is -2.23. The SMILES string of the molecule is c1ccc2c(C(OC(c3nn[nH]n3)c3ccnc4ccccc34)c3nn[nH]n3)ccnc2c1. The van der Waals surface area contributed by atoms with Gasteiger partial charge in [-0.1, -0.05) is 46.8 Å². The number of pyridine rings is 2. The lowest BCUT2D eigenvalue weighted by atomic mass is 10.0. The number of benzene rings is 2. The molecule has 2 N–H and O–H groups in total. The van der Waals surface area contributed by atoms with E-state index in [0.29, 0.717) is 11.6 Å². The van der Waals surface area contributed by atoms with Crippen LogP contribution in [0, 0.1) is 0 Å². The molecule has 0 amide bonds. The molecule has 0 bridgehead atoms. The minimum Gasteiger partial charge on any atom is -0.349 e. The number of nitrogens with zero attached hydrogens (tertiary/aromatic N) is 8. The molecule has 160 valence electrons. The Kier molecular flexibility index (Phi) is 4.70. The summed E-state index contributed by atoms with van der Waals surface area (Å²) in [5, 5.41) is 31.3. The molecule has 33 heavy (non-hydrogen) atoms. The van der Waals surface area contributed by atoms with Crippen LogP contribution in [0.25, 0.3) is 21.8 Å². The van der Waals surface area contributed by atoms with Gasteiger partial charge in [0.25, 0.3) is 0 Å². The maximum Gasteiger partial charge on any atom is 0.207 e. The van der Waals surface area contributed by atoms with Gasteiger partial charge in [-0.25, -0.2) is 0 Å². The van der Waals surface area contributed by atoms with Crippen LogP contribution < -0.4 is 0 Å². The average Bonchev–Trinajstić information content (AvgIpc) is 3.60. The molecular formula is C22H16N10O. The second-order valence-corrected chi connectivity index (χ2v) is 7.27. The monoisotopic (exact) mass is 436 g/mol. The van der Waals surface area contributed by atoms with Gasteiger partial charge in [-0.05, 0) is 35.4 Å². The van der Waals surface area contributed by atoms with Gasteiger partial charge in [0.15, 0.2) is 0 Å². The van der Waals surface area contributed by atoms with E-state index in [1.165, 1.54) is 0 Å². The zero-order valence-corrected chi connectivity index (χ0v) is 17.1. The maximum atomic E-state index is 6.70. The van der Waals surface area contributed by atoms with Crippen LogP contribution in [0.4, 0.5) is 0 Å². The summed E-state index contributed by atoms with van der Waals surface area (Å²) in [6.45, 7) is 0. The number of H-pyrrole nitrogens is 2. The van der Waals surface area contributed by atoms with Crippen molar-refractivity contribution in [1.29, 1.82) is 0 Å². The second kappa shape index (κ2) is 8.13. The van der Waals surface area contributed by atoms with Crippen LogP contribution >= 0.6 is 0 Å². The Morgan fingerprint density at radius 3 is 1.55 bits per heavy atom. The van der Waals surface area contributed by atoms with Crippen molar-refractivity contribution in [3.8, 4) is 0 Å². The van der Waals surface area contributed by atoms with E-state index < -0.39 is 12.2 Å². The van der Waals surface area contributed by atoms with E-state index in [9.17, 15) is 0 Å². The molecule has 11 nitrogen and oxygen atoms in total. The fourth-order valence-electron chi connectivity index (χ4n) is 3.94. The van der Waals surface area contributed by atoms with Gasteiger partial charge in [-0.2, -0.15) is 10.4 Å². The summed E-state index contributed by atoms with van der Waals surface area (Å²) in [7, 11) is 0. The van der Waals surface area contributed by atoms with Gasteiger partial charge >= 0.3 is 0 Å². The van der Waals surface area contributed by atoms with Crippen molar-refractivity contribution in [2.45, 2.75) is 12.2 Å². The van der Waals surface area contributed by atoms with Crippen LogP contribution in [0.2, 0.25) is 0 Å². The van der Waals surface area contributed by atoms with Crippen molar-refractivity contribution in [1.82, 2.24) is 51.2 Å². The van der Waals surface area contributed by atoms with Crippen LogP contribution in [-0.4, -0.2) is 51.2 Å². The number of aromatic amines is 2. The molecule has 0 saturated heterocycles. The minimum atomic E-state index is -0.688. The number of rotatable bonds is 6. The molecule has 2 atom stereocenters. The van der Waals surface area contributed by atoms with E-state index in [4.69, 9.17) is 4.74 Å². The van der Waals surface area contributed by atoms with Crippen molar-refractivity contribution in [2.75, 3.05) is 0 Å². The molecule has 6 rings (SSSR count). The Labute approximate surface area is 186 Å². The van der Waals surface area contributed by atoms with E-state index in [1.807, 2.05) is 60.7 Å². The van der Waals surface area contributed by atoms with E-state index in [0.717, 1.165) is 32.9 Å². The molecule has 4 aromatic heterocycles. The molecule has 0 saturated carbocycles. The highest BCUT2D eigenvalue weighted by atomic mass is 16.5. The Morgan fingerprint density at radius 2 is 1.09 bits per heavy atom. The standard InChI is InChI=1S/C22H16N10O/c1-3-7-17-13(5-1)15(9-11-23-17)19(21-25-29-30-26-21)33-20(22-27-31-32-28-22)16-10-12-24-18-8-4-2-6-14(16)18/h1-12,19-20H,(H,25,26,29,30)(H,27,28,31,32). The van der Waals surface area contributed by atoms with Crippen LogP contribution in [0.15, 0.2) is 73.1 Å². The van der Waals surface area contributed by atoms with Crippen LogP contribution in [0.1, 0.15) is 35.0 Å². The highest BCUT2D eigenvalue weighted by molar-refractivity contribution is 5.83. The van der Waals surface area contributed by atoms with Gasteiger partial charge in [0, 0.05) is 23.2 Å². The molecular weight excluding hydrogens is 420 g/mol. The Bertz CT molecular complexity index is 1390. The number of nitrogens with one attached hydrogen (secondary N) is 2. The number of hydrogen-bond acceptors (Lipinski definition) is 9. The van der Waals surface area contributed by atoms with Gasteiger partial charge in [0.1, 0.15) is 12.2 Å². The zero-order chi connectivity index (χ0) is 22.0. The van der Waals surface area contributed by atoms with Gasteiger partial charge in [-0.3, -0.25) is 9.97 Å². The van der Waals surface area contributed by atoms with Crippen LogP contribution in [-0.2, 0) is 4.74 Å². The van der Waals surface area contributed by atoms with E-state index in [1.54, 1.807) is 12.4 Å². The molecule has 0 radical (unpaired) electrons. The number of tetrazole rings is 2. The molecule has 2 aromatic carbocycles. The van der Waals surface area contributed by atoms with E-state index in [2.05, 4.69) is 51.2 Å². The number of fused-ring (bicyclic) bond motifs is 2. The third-order valence-electron chi connectivity index (χ3n) is 5.40. The Morgan fingerprint density at radius 1 is 0.606 bits per heavy atom. The predicted molar refractivity (Wildman–Crippen MR) is 117 cm³/mol. The van der Waals surface area contributed by atoms with Crippen LogP contribution in [0.5, 0.6) is 0 Å². The minimum absolute atomic E-state index is 0.373. The summed E-state index contributed by atoms with van der Waals surface area (Å²) in [5.74, 6) is 0.747. The first-order valence-corrected chi connectivity index (χ1v) is 10.2. The van der Waals surface area contributed by atoms with E-state index in [-0.39, 0.29) is 0 Å². The average molecular weight is 436 g/mol. The predicted octanol–water partition coefficient (Wildman–Crippen LogP) is 2.70. The van der Waals surface area contributed by atoms with Gasteiger partial charge in [0.05, 0.1) is 11.0 Å². The first kappa shape index (κ1) is 19.1. The third kappa shape index (κ3) is 3.46. The van der Waals surface area contributed by atoms with Crippen molar-refractivity contribution < 1.29 is 4.74 Å². The number of aromatic nitrogens is 10. The lowest BCUT2D eigenvalue weighted by molar-refractivity contribution is 0.0227. The molecule has 6 aromatic rings. The first-order chi connectivity index (χ1) is 16.4. The van der Waals surface area contributed by atoms with Gasteiger partial charge in [0.2, 0.25) is 11.6 Å². The van der Waals surface area contributed by atoms with Crippen molar-refractivity contribution in [2.24, 2.45) is 0 Å². The molecule has 11 heteroatoms. The number of hydrogen-bond donors (Lipinski definition) is 2. The molecule has 0 fully saturated rings. The van der Waals surface area contributed by atoms with Gasteiger partial charge in [-0.15, -0.1) is 20.4 Å². The first-order valence-electron chi connectivity index (χ1n) is 10.2. The largest absolute Gasteiger partial charge is 0.349 e. The fourth-order valence-corrected chi connectivity index (χ4v) is 3.94. The lowest BCUT2D eigenvalue weighted by Crippen LogP contribution is -2.16. The number of ether oxygens (including phenoxy) is 1. The highest BCUT2D eigenvalue weighted by Gasteiger charge is 2.30.